The van der Waals surface area contributed by atoms with Gasteiger partial charge in [-0.05, 0) is 0 Å². The molecule has 0 radical (unpaired) electrons. The monoisotopic (exact) mass is 2650 g/mol. The number of amides is 36. The van der Waals surface area contributed by atoms with Crippen LogP contribution in [0.2, 0.25) is 0 Å². The van der Waals surface area contributed by atoms with Crippen molar-refractivity contribution in [2.45, 2.75) is 0 Å². The summed E-state index contributed by atoms with van der Waals surface area (Å²) >= 11 is 0. The van der Waals surface area contributed by atoms with Crippen molar-refractivity contribution in [1.29, 1.82) is 0 Å². The molecule has 36 amide bonds. The maximum absolute atomic E-state index is 9.00. The van der Waals surface area contributed by atoms with Gasteiger partial charge in [-0.2, -0.15) is 0 Å². The zero-order valence-electron chi connectivity index (χ0n) is 49.5. The summed E-state index contributed by atoms with van der Waals surface area (Å²) in [6, 6.07) is -15.0. The van der Waals surface area contributed by atoms with E-state index < -0.39 is 140 Å². The molecule has 0 aromatic carbocycles. The van der Waals surface area contributed by atoms with Crippen LogP contribution in [0, 0.1) is 0 Å². The molecule has 66 nitrogen and oxygen atoms in total. The number of carbonyl (C=O) groups excluding carboxylic acids is 18. The van der Waals surface area contributed by atoms with Crippen LogP contribution >= 0.6 is 0 Å². The van der Waals surface area contributed by atoms with Gasteiger partial charge in [0.1, 0.15) is 0 Å². The second kappa shape index (κ2) is 187. The molecule has 0 aromatic heterocycles. The molecule has 0 saturated heterocycles. The van der Waals surface area contributed by atoms with Crippen molar-refractivity contribution >= 4 is 227 Å². The number of hydrogen-bond donors (Lipinski definition) is 36. The largest absolute Gasteiger partial charge is 3.00 e. The van der Waals surface area contributed by atoms with Crippen molar-refractivity contribution in [1.82, 2.24) is 0 Å². The van der Waals surface area contributed by atoms with E-state index in [-0.39, 0.29) is 303 Å². The van der Waals surface area contributed by atoms with Crippen LogP contribution in [0.1, 0.15) is 0 Å². The fraction of sp³-hybridized carbons (Fsp3) is 0. The van der Waals surface area contributed by atoms with Crippen LogP contribution in [0.4, 0.5) is 86.3 Å². The molecule has 0 rings (SSSR count). The van der Waals surface area contributed by atoms with Crippen LogP contribution in [0.25, 0.3) is 0 Å². The third-order valence-electron chi connectivity index (χ3n) is 0. The summed E-state index contributed by atoms with van der Waals surface area (Å²) in [5.41, 5.74) is 153. The van der Waals surface area contributed by atoms with Crippen molar-refractivity contribution in [3.63, 3.8) is 0 Å². The summed E-state index contributed by atoms with van der Waals surface area (Å²) in [6.45, 7) is 0. The summed E-state index contributed by atoms with van der Waals surface area (Å²) in [7, 11) is -15.5. The smallest absolute Gasteiger partial charge is 1.00 e. The second-order valence-corrected chi connectivity index (χ2v) is 10.9. The molecule has 72 N–H and O–H groups in total. The van der Waals surface area contributed by atoms with E-state index in [1.807, 2.05) is 0 Å². The second-order valence-electron chi connectivity index (χ2n) is 8.47. The molecular weight excluding hydrogens is 2570 g/mol. The van der Waals surface area contributed by atoms with Crippen LogP contribution in [0.3, 0.4) is 0 Å². The van der Waals surface area contributed by atoms with Crippen molar-refractivity contribution in [2.24, 2.45) is 206 Å². The summed E-state index contributed by atoms with van der Waals surface area (Å²) in [5.74, 6) is 0. The zero-order valence-corrected chi connectivity index (χ0v) is 77.2. The predicted octanol–water partition coefficient (Wildman–Crippen LogP) is -50.5. The van der Waals surface area contributed by atoms with Gasteiger partial charge in [0.25, 0.3) is 0 Å². The average molecular weight is 2650 g/mol. The summed E-state index contributed by atoms with van der Waals surface area (Å²) in [4.78, 5) is 162. The van der Waals surface area contributed by atoms with Crippen LogP contribution in [-0.4, -0.2) is 248 Å². The number of nitrogens with two attached hydrogens (primary N) is 36. The molecule has 83 heteroatoms. The van der Waals surface area contributed by atoms with E-state index in [0.29, 0.717) is 0 Å². The Hall–Kier alpha value is -4.30. The number of carbonyl (C=O) groups is 18. The SMILES string of the molecule is NC(N)=O.NC(N)=O.NC(N)=O.NC(N)=O.NC(N)=O.NC(N)=O.NC(N)=O.NC(N)=O.NC(N)=O.NC(N)=O.NC(N)=O.NC(N)=O.NC(N)=O.NC(N)=O.NC(N)=O.NC(N)=O.NC(N)=O.NC(N)=O.O=S(=O)([O-])[O-].O=S(=O)([O-])[O-].O=S(=O)([O-])[O-].[Al+3].[Al+3].[Al+3].[Al+3].[Al+3].[I-].[I-].[I-].[I-].[I-].[I-].[I-].[I-].[I-]. The first-order chi connectivity index (χ1) is 37.2. The van der Waals surface area contributed by atoms with E-state index in [2.05, 4.69) is 206 Å². The molecule has 0 aliphatic rings. The zero-order chi connectivity index (χ0) is 77.9. The Balaban J connectivity index is -0.0000000136. The molecule has 0 atom stereocenters. The van der Waals surface area contributed by atoms with E-state index >= 15 is 0 Å². The first kappa shape index (κ1) is 233. The molecule has 600 valence electrons. The van der Waals surface area contributed by atoms with Crippen LogP contribution in [-0.2, 0) is 31.2 Å². The van der Waals surface area contributed by atoms with Gasteiger partial charge >= 0.3 is 195 Å². The van der Waals surface area contributed by atoms with Gasteiger partial charge in [0, 0.05) is 31.2 Å². The Kier molecular flexibility index (Phi) is 431. The Morgan fingerprint density at radius 3 is 0.129 bits per heavy atom. The normalized spacial score (nSPS) is 6.00. The summed E-state index contributed by atoms with van der Waals surface area (Å²) in [5, 5.41) is 0. The molecular formula is C18H72Al5I9N36O30S3. The predicted molar refractivity (Wildman–Crippen MR) is 308 cm³/mol. The van der Waals surface area contributed by atoms with Gasteiger partial charge in [0.15, 0.2) is 0 Å². The number of rotatable bonds is 0. The number of halogens is 9. The quantitative estimate of drug-likeness (QED) is 0.0463. The Morgan fingerprint density at radius 1 is 0.129 bits per heavy atom. The molecule has 0 spiro atoms. The summed E-state index contributed by atoms with van der Waals surface area (Å²) < 4.78 is 102. The van der Waals surface area contributed by atoms with Gasteiger partial charge < -0.3 is 450 Å². The van der Waals surface area contributed by atoms with E-state index in [0.717, 1.165) is 0 Å². The van der Waals surface area contributed by atoms with Gasteiger partial charge in [-0.25, -0.2) is 86.3 Å². The van der Waals surface area contributed by atoms with E-state index in [4.69, 9.17) is 139 Å². The third-order valence-corrected chi connectivity index (χ3v) is 0. The van der Waals surface area contributed by atoms with Gasteiger partial charge in [0.05, 0.1) is 0 Å². The molecule has 0 heterocycles. The van der Waals surface area contributed by atoms with Gasteiger partial charge in [0.2, 0.25) is 0 Å². The van der Waals surface area contributed by atoms with Gasteiger partial charge in [-0.3, -0.25) is 25.3 Å². The maximum Gasteiger partial charge on any atom is 3.00 e. The third kappa shape index (κ3) is 45500. The Morgan fingerprint density at radius 2 is 0.129 bits per heavy atom. The van der Waals surface area contributed by atoms with Crippen LogP contribution in [0.15, 0.2) is 0 Å². The van der Waals surface area contributed by atoms with E-state index in [1.165, 1.54) is 0 Å². The van der Waals surface area contributed by atoms with Crippen LogP contribution < -0.4 is 422 Å². The Bertz CT molecular complexity index is 1670. The fourth-order valence-corrected chi connectivity index (χ4v) is 0. The first-order valence-electron chi connectivity index (χ1n) is 16.1. The average Bonchev–Trinajstić information content (AvgIpc) is 3.01. The molecule has 0 aromatic rings. The molecule has 101 heavy (non-hydrogen) atoms. The number of hydrogen-bond acceptors (Lipinski definition) is 30. The minimum Gasteiger partial charge on any atom is -1.00 e. The van der Waals surface area contributed by atoms with Crippen LogP contribution in [0.5, 0.6) is 0 Å². The van der Waals surface area contributed by atoms with Gasteiger partial charge in [-0.15, -0.1) is 0 Å². The molecule has 0 unspecified atom stereocenters. The van der Waals surface area contributed by atoms with Crippen molar-refractivity contribution in [3.8, 4) is 0 Å². The maximum atomic E-state index is 9.00. The van der Waals surface area contributed by atoms with Crippen molar-refractivity contribution in [3.05, 3.63) is 0 Å². The van der Waals surface area contributed by atoms with Crippen molar-refractivity contribution < 1.29 is 355 Å². The molecule has 0 saturated carbocycles. The minimum atomic E-state index is -5.17. The molecule has 0 aliphatic heterocycles. The molecule has 0 bridgehead atoms. The van der Waals surface area contributed by atoms with Gasteiger partial charge in [-0.1, -0.05) is 0 Å². The first-order valence-corrected chi connectivity index (χ1v) is 20.1. The number of primary amides is 36. The molecule has 0 fully saturated rings. The number of urea groups is 18. The Labute approximate surface area is 777 Å². The summed E-state index contributed by atoms with van der Waals surface area (Å²) in [6.07, 6.45) is 0. The van der Waals surface area contributed by atoms with E-state index in [1.54, 1.807) is 0 Å². The topological polar surface area (TPSA) is 1480 Å². The van der Waals surface area contributed by atoms with Crippen molar-refractivity contribution in [2.75, 3.05) is 0 Å². The van der Waals surface area contributed by atoms with E-state index in [9.17, 15) is 0 Å². The fourth-order valence-electron chi connectivity index (χ4n) is 0. The standard InChI is InChI=1S/18CH4N2O.5Al.9HI.3H2O4S/c18*2-1(3)4;;;;;;;;;;;;;;;3*1-5(2,3)4/h18*(H4,2,3,4);;;;;;9*1H;3*(H2,1,2,3,4)/q;;;;;;;;;;;;;;;;;;5*+3;;;;;;;;;;;;/p-15. The molecule has 0 aliphatic carbocycles. The minimum absolute atomic E-state index is 0.